The van der Waals surface area contributed by atoms with E-state index in [1.165, 1.54) is 42.5 Å². The molecule has 1 atom stereocenters. The van der Waals surface area contributed by atoms with Crippen LogP contribution in [0.15, 0.2) is 42.5 Å². The molecule has 0 fully saturated rings. The largest absolute Gasteiger partial charge is 0.481 e. The summed E-state index contributed by atoms with van der Waals surface area (Å²) in [7, 11) is 0. The molecular weight excluding hydrogens is 313 g/mol. The summed E-state index contributed by atoms with van der Waals surface area (Å²) in [6, 6.07) is 9.28. The van der Waals surface area contributed by atoms with Gasteiger partial charge in [0.2, 0.25) is 0 Å². The number of hydrogen-bond acceptors (Lipinski definition) is 3. The second-order valence-corrected chi connectivity index (χ2v) is 5.10. The molecule has 0 amide bonds. The zero-order valence-corrected chi connectivity index (χ0v) is 12.0. The Kier molecular flexibility index (Phi) is 4.72. The van der Waals surface area contributed by atoms with E-state index in [1.54, 1.807) is 0 Å². The van der Waals surface area contributed by atoms with Crippen molar-refractivity contribution < 1.29 is 19.2 Å². The number of nitro groups is 1. The summed E-state index contributed by atoms with van der Waals surface area (Å²) in [4.78, 5) is 21.7. The van der Waals surface area contributed by atoms with Crippen LogP contribution in [0.2, 0.25) is 5.02 Å². The third kappa shape index (κ3) is 3.59. The fourth-order valence-corrected chi connectivity index (χ4v) is 2.29. The summed E-state index contributed by atoms with van der Waals surface area (Å²) in [6.45, 7) is 0. The Bertz CT molecular complexity index is 718. The first kappa shape index (κ1) is 15.9. The molecule has 0 spiro atoms. The maximum Gasteiger partial charge on any atom is 0.311 e. The molecule has 0 aliphatic carbocycles. The molecule has 7 heteroatoms. The van der Waals surface area contributed by atoms with Crippen molar-refractivity contribution in [2.75, 3.05) is 0 Å². The number of hydrogen-bond donors (Lipinski definition) is 1. The van der Waals surface area contributed by atoms with Crippen LogP contribution in [-0.2, 0) is 11.2 Å². The molecule has 2 aromatic rings. The molecule has 114 valence electrons. The van der Waals surface area contributed by atoms with E-state index in [9.17, 15) is 24.4 Å². The van der Waals surface area contributed by atoms with Gasteiger partial charge in [0.05, 0.1) is 10.8 Å². The fraction of sp³-hybridized carbons (Fsp3) is 0.133. The number of aliphatic carboxylic acids is 1. The number of carbonyl (C=O) groups is 1. The Morgan fingerprint density at radius 3 is 2.45 bits per heavy atom. The Morgan fingerprint density at radius 2 is 1.91 bits per heavy atom. The number of carboxylic acid groups (broad SMARTS) is 1. The summed E-state index contributed by atoms with van der Waals surface area (Å²) in [5, 5.41) is 20.2. The quantitative estimate of drug-likeness (QED) is 0.670. The van der Waals surface area contributed by atoms with Crippen molar-refractivity contribution in [1.29, 1.82) is 0 Å². The molecule has 0 saturated heterocycles. The molecule has 1 unspecified atom stereocenters. The molecule has 1 N–H and O–H groups in total. The topological polar surface area (TPSA) is 80.4 Å². The van der Waals surface area contributed by atoms with Gasteiger partial charge in [-0.15, -0.1) is 0 Å². The van der Waals surface area contributed by atoms with Gasteiger partial charge in [0.1, 0.15) is 10.8 Å². The monoisotopic (exact) mass is 323 g/mol. The third-order valence-corrected chi connectivity index (χ3v) is 3.54. The van der Waals surface area contributed by atoms with Crippen molar-refractivity contribution in [2.24, 2.45) is 0 Å². The van der Waals surface area contributed by atoms with Gasteiger partial charge in [-0.1, -0.05) is 29.8 Å². The van der Waals surface area contributed by atoms with E-state index < -0.39 is 22.6 Å². The van der Waals surface area contributed by atoms with E-state index in [0.29, 0.717) is 11.1 Å². The maximum absolute atomic E-state index is 12.9. The van der Waals surface area contributed by atoms with Crippen LogP contribution in [0.5, 0.6) is 0 Å². The lowest BCUT2D eigenvalue weighted by atomic mass is 9.92. The molecule has 0 heterocycles. The zero-order valence-electron chi connectivity index (χ0n) is 11.2. The lowest BCUT2D eigenvalue weighted by Gasteiger charge is -2.13. The first-order valence-corrected chi connectivity index (χ1v) is 6.67. The van der Waals surface area contributed by atoms with Crippen molar-refractivity contribution in [1.82, 2.24) is 0 Å². The molecule has 0 radical (unpaired) electrons. The van der Waals surface area contributed by atoms with Gasteiger partial charge in [0.25, 0.3) is 5.69 Å². The van der Waals surface area contributed by atoms with Crippen LogP contribution in [0.1, 0.15) is 17.0 Å². The van der Waals surface area contributed by atoms with E-state index in [4.69, 9.17) is 11.6 Å². The van der Waals surface area contributed by atoms with Crippen LogP contribution < -0.4 is 0 Å². The van der Waals surface area contributed by atoms with Crippen LogP contribution in [0.3, 0.4) is 0 Å². The molecule has 5 nitrogen and oxygen atoms in total. The van der Waals surface area contributed by atoms with Gasteiger partial charge < -0.3 is 5.11 Å². The second-order valence-electron chi connectivity index (χ2n) is 4.69. The van der Waals surface area contributed by atoms with Crippen LogP contribution >= 0.6 is 11.6 Å². The molecule has 0 bridgehead atoms. The van der Waals surface area contributed by atoms with E-state index in [2.05, 4.69) is 0 Å². The van der Waals surface area contributed by atoms with Crippen LogP contribution in [0.25, 0.3) is 0 Å². The first-order chi connectivity index (χ1) is 10.4. The van der Waals surface area contributed by atoms with Crippen molar-refractivity contribution in [2.45, 2.75) is 12.3 Å². The SMILES string of the molecule is O=C(O)C(Cc1ccc(Cl)c([N+](=O)[O-])c1)c1ccc(F)cc1. The molecule has 0 saturated carbocycles. The molecule has 0 aliphatic heterocycles. The Hall–Kier alpha value is -2.47. The van der Waals surface area contributed by atoms with Gasteiger partial charge >= 0.3 is 5.97 Å². The maximum atomic E-state index is 12.9. The predicted molar refractivity (Wildman–Crippen MR) is 78.6 cm³/mol. The highest BCUT2D eigenvalue weighted by molar-refractivity contribution is 6.32. The predicted octanol–water partition coefficient (Wildman–Crippen LogP) is 3.80. The summed E-state index contributed by atoms with van der Waals surface area (Å²) >= 11 is 5.73. The van der Waals surface area contributed by atoms with Gasteiger partial charge in [-0.3, -0.25) is 14.9 Å². The highest BCUT2D eigenvalue weighted by atomic mass is 35.5. The van der Waals surface area contributed by atoms with Gasteiger partial charge in [-0.25, -0.2) is 4.39 Å². The normalized spacial score (nSPS) is 11.9. The molecule has 22 heavy (non-hydrogen) atoms. The lowest BCUT2D eigenvalue weighted by Crippen LogP contribution is -2.14. The zero-order chi connectivity index (χ0) is 16.3. The highest BCUT2D eigenvalue weighted by Crippen LogP contribution is 2.28. The van der Waals surface area contributed by atoms with E-state index in [-0.39, 0.29) is 17.1 Å². The van der Waals surface area contributed by atoms with Crippen LogP contribution in [0, 0.1) is 15.9 Å². The number of nitro benzene ring substituents is 1. The molecule has 2 aromatic carbocycles. The molecule has 2 rings (SSSR count). The molecular formula is C15H11ClFNO4. The van der Waals surface area contributed by atoms with Crippen molar-refractivity contribution in [3.63, 3.8) is 0 Å². The standard InChI is InChI=1S/C15H11ClFNO4/c16-13-6-1-9(8-14(13)18(21)22)7-12(15(19)20)10-2-4-11(17)5-3-10/h1-6,8,12H,7H2,(H,19,20). The number of nitrogens with zero attached hydrogens (tertiary/aromatic N) is 1. The van der Waals surface area contributed by atoms with Crippen molar-refractivity contribution in [3.05, 3.63) is 74.5 Å². The average molecular weight is 324 g/mol. The minimum absolute atomic E-state index is 0.0117. The Morgan fingerprint density at radius 1 is 1.27 bits per heavy atom. The Balaban J connectivity index is 2.32. The van der Waals surface area contributed by atoms with Crippen molar-refractivity contribution >= 4 is 23.3 Å². The number of carboxylic acids is 1. The summed E-state index contributed by atoms with van der Waals surface area (Å²) < 4.78 is 12.9. The van der Waals surface area contributed by atoms with Crippen molar-refractivity contribution in [3.8, 4) is 0 Å². The average Bonchev–Trinajstić information content (AvgIpc) is 2.47. The van der Waals surface area contributed by atoms with E-state index in [0.717, 1.165) is 0 Å². The minimum atomic E-state index is -1.09. The smallest absolute Gasteiger partial charge is 0.311 e. The summed E-state index contributed by atoms with van der Waals surface area (Å²) in [5.41, 5.74) is 0.613. The van der Waals surface area contributed by atoms with Gasteiger partial charge in [0, 0.05) is 6.07 Å². The third-order valence-electron chi connectivity index (χ3n) is 3.22. The summed E-state index contributed by atoms with van der Waals surface area (Å²) in [5.74, 6) is -2.49. The van der Waals surface area contributed by atoms with E-state index in [1.807, 2.05) is 0 Å². The van der Waals surface area contributed by atoms with E-state index >= 15 is 0 Å². The van der Waals surface area contributed by atoms with Crippen LogP contribution in [-0.4, -0.2) is 16.0 Å². The number of rotatable bonds is 5. The first-order valence-electron chi connectivity index (χ1n) is 6.29. The van der Waals surface area contributed by atoms with Gasteiger partial charge in [-0.2, -0.15) is 0 Å². The second kappa shape index (κ2) is 6.53. The summed E-state index contributed by atoms with van der Waals surface area (Å²) in [6.07, 6.45) is 0.0406. The minimum Gasteiger partial charge on any atom is -0.481 e. The highest BCUT2D eigenvalue weighted by Gasteiger charge is 2.22. The van der Waals surface area contributed by atoms with Crippen LogP contribution in [0.4, 0.5) is 10.1 Å². The molecule has 0 aliphatic rings. The fourth-order valence-electron chi connectivity index (χ4n) is 2.10. The Labute approximate surface area is 130 Å². The number of halogens is 2. The van der Waals surface area contributed by atoms with Gasteiger partial charge in [-0.05, 0) is 35.7 Å². The van der Waals surface area contributed by atoms with Gasteiger partial charge in [0.15, 0.2) is 0 Å². The number of benzene rings is 2. The molecule has 0 aromatic heterocycles. The lowest BCUT2D eigenvalue weighted by molar-refractivity contribution is -0.384.